The number of ether oxygens (including phenoxy) is 1. The lowest BCUT2D eigenvalue weighted by Gasteiger charge is -2.34. The second-order valence-electron chi connectivity index (χ2n) is 6.74. The molecule has 29 heavy (non-hydrogen) atoms. The van der Waals surface area contributed by atoms with Crippen LogP contribution >= 0.6 is 0 Å². The van der Waals surface area contributed by atoms with Gasteiger partial charge in [-0.05, 0) is 42.5 Å². The molecule has 1 aliphatic heterocycles. The van der Waals surface area contributed by atoms with Crippen LogP contribution in [0.15, 0.2) is 48.5 Å². The summed E-state index contributed by atoms with van der Waals surface area (Å²) in [7, 11) is 0. The van der Waals surface area contributed by atoms with Crippen molar-refractivity contribution < 1.29 is 23.5 Å². The summed E-state index contributed by atoms with van der Waals surface area (Å²) in [5, 5.41) is 2.67. The third-order valence-corrected chi connectivity index (χ3v) is 4.50. The second kappa shape index (κ2) is 9.29. The van der Waals surface area contributed by atoms with E-state index in [-0.39, 0.29) is 18.4 Å². The molecule has 2 aromatic rings. The first-order valence-electron chi connectivity index (χ1n) is 9.26. The summed E-state index contributed by atoms with van der Waals surface area (Å²) in [6.07, 6.45) is 0. The van der Waals surface area contributed by atoms with Gasteiger partial charge in [0.15, 0.2) is 0 Å². The molecule has 2 amide bonds. The number of rotatable bonds is 5. The lowest BCUT2D eigenvalue weighted by atomic mass is 10.1. The highest BCUT2D eigenvalue weighted by Gasteiger charge is 2.23. The Morgan fingerprint density at radius 2 is 1.72 bits per heavy atom. The van der Waals surface area contributed by atoms with Gasteiger partial charge < -0.3 is 15.0 Å². The van der Waals surface area contributed by atoms with E-state index in [9.17, 15) is 18.8 Å². The molecular weight excluding hydrogens is 377 g/mol. The Balaban J connectivity index is 1.47. The van der Waals surface area contributed by atoms with Gasteiger partial charge in [0.1, 0.15) is 11.6 Å². The summed E-state index contributed by atoms with van der Waals surface area (Å²) in [5.74, 6) is -0.764. The molecule has 8 heteroatoms. The largest absolute Gasteiger partial charge is 0.427 e. The van der Waals surface area contributed by atoms with E-state index >= 15 is 0 Å². The van der Waals surface area contributed by atoms with Crippen LogP contribution in [0.5, 0.6) is 5.75 Å². The highest BCUT2D eigenvalue weighted by molar-refractivity contribution is 5.94. The lowest BCUT2D eigenvalue weighted by molar-refractivity contribution is -0.131. The summed E-state index contributed by atoms with van der Waals surface area (Å²) >= 11 is 0. The molecule has 1 heterocycles. The Kier molecular flexibility index (Phi) is 6.56. The maximum atomic E-state index is 13.2. The molecule has 1 saturated heterocycles. The van der Waals surface area contributed by atoms with Gasteiger partial charge in [0.2, 0.25) is 5.91 Å². The van der Waals surface area contributed by atoms with Crippen LogP contribution < -0.4 is 10.1 Å². The van der Waals surface area contributed by atoms with Gasteiger partial charge in [-0.2, -0.15) is 0 Å². The highest BCUT2D eigenvalue weighted by Crippen LogP contribution is 2.15. The minimum absolute atomic E-state index is 0.108. The van der Waals surface area contributed by atoms with E-state index in [4.69, 9.17) is 4.74 Å². The predicted molar refractivity (Wildman–Crippen MR) is 105 cm³/mol. The van der Waals surface area contributed by atoms with E-state index in [2.05, 4.69) is 5.32 Å². The van der Waals surface area contributed by atoms with Crippen LogP contribution in [0.3, 0.4) is 0 Å². The molecule has 0 aromatic heterocycles. The molecule has 0 bridgehead atoms. The third kappa shape index (κ3) is 5.86. The fraction of sp³-hybridized carbons (Fsp3) is 0.286. The van der Waals surface area contributed by atoms with Crippen molar-refractivity contribution in [3.05, 3.63) is 59.9 Å². The molecular formula is C21H22FN3O4. The Bertz CT molecular complexity index is 893. The van der Waals surface area contributed by atoms with Crippen LogP contribution in [0.2, 0.25) is 0 Å². The number of halogens is 1. The molecule has 0 radical (unpaired) electrons. The van der Waals surface area contributed by atoms with Gasteiger partial charge in [0, 0.05) is 44.4 Å². The zero-order valence-corrected chi connectivity index (χ0v) is 16.1. The molecule has 0 aliphatic carbocycles. The van der Waals surface area contributed by atoms with Gasteiger partial charge in [-0.15, -0.1) is 0 Å². The number of esters is 1. The molecule has 1 fully saturated rings. The summed E-state index contributed by atoms with van der Waals surface area (Å²) in [5.41, 5.74) is 0.930. The smallest absolute Gasteiger partial charge is 0.308 e. The molecule has 2 aromatic carbocycles. The summed E-state index contributed by atoms with van der Waals surface area (Å²) < 4.78 is 18.2. The number of carbonyl (C=O) groups is 3. The molecule has 0 unspecified atom stereocenters. The number of anilines is 1. The van der Waals surface area contributed by atoms with Gasteiger partial charge in [-0.25, -0.2) is 4.39 Å². The molecule has 0 atom stereocenters. The van der Waals surface area contributed by atoms with E-state index < -0.39 is 11.8 Å². The summed E-state index contributed by atoms with van der Waals surface area (Å²) in [6, 6.07) is 12.2. The van der Waals surface area contributed by atoms with E-state index in [1.807, 2.05) is 4.90 Å². The maximum Gasteiger partial charge on any atom is 0.308 e. The average Bonchev–Trinajstić information content (AvgIpc) is 2.68. The fourth-order valence-corrected chi connectivity index (χ4v) is 3.09. The Hall–Kier alpha value is -3.26. The Labute approximate surface area is 168 Å². The van der Waals surface area contributed by atoms with Gasteiger partial charge in [0.05, 0.1) is 6.54 Å². The minimum Gasteiger partial charge on any atom is -0.427 e. The van der Waals surface area contributed by atoms with Crippen LogP contribution in [-0.4, -0.2) is 60.3 Å². The molecule has 152 valence electrons. The molecule has 3 rings (SSSR count). The number of benzene rings is 2. The predicted octanol–water partition coefficient (Wildman–Crippen LogP) is 2.15. The lowest BCUT2D eigenvalue weighted by Crippen LogP contribution is -2.50. The fourth-order valence-electron chi connectivity index (χ4n) is 3.09. The van der Waals surface area contributed by atoms with Crippen molar-refractivity contribution in [3.8, 4) is 5.75 Å². The van der Waals surface area contributed by atoms with Crippen LogP contribution in [0.25, 0.3) is 0 Å². The van der Waals surface area contributed by atoms with Crippen molar-refractivity contribution in [2.45, 2.75) is 6.92 Å². The van der Waals surface area contributed by atoms with Crippen LogP contribution in [0.4, 0.5) is 10.1 Å². The SMILES string of the molecule is CC(=O)Oc1ccc(C(=O)N2CCN(CC(=O)Nc3cccc(F)c3)CC2)cc1. The number of piperazine rings is 1. The zero-order chi connectivity index (χ0) is 20.8. The number of nitrogens with one attached hydrogen (secondary N) is 1. The highest BCUT2D eigenvalue weighted by atomic mass is 19.1. The Morgan fingerprint density at radius 3 is 2.34 bits per heavy atom. The van der Waals surface area contributed by atoms with Crippen LogP contribution in [0.1, 0.15) is 17.3 Å². The third-order valence-electron chi connectivity index (χ3n) is 4.50. The quantitative estimate of drug-likeness (QED) is 0.616. The van der Waals surface area contributed by atoms with Crippen molar-refractivity contribution in [1.82, 2.24) is 9.80 Å². The summed E-state index contributed by atoms with van der Waals surface area (Å²) in [4.78, 5) is 39.4. The molecule has 7 nitrogen and oxygen atoms in total. The topological polar surface area (TPSA) is 79.0 Å². The first-order valence-corrected chi connectivity index (χ1v) is 9.26. The first-order chi connectivity index (χ1) is 13.9. The van der Waals surface area contributed by atoms with E-state index in [0.29, 0.717) is 43.2 Å². The van der Waals surface area contributed by atoms with E-state index in [0.717, 1.165) is 0 Å². The van der Waals surface area contributed by atoms with Crippen molar-refractivity contribution in [1.29, 1.82) is 0 Å². The number of nitrogens with zero attached hydrogens (tertiary/aromatic N) is 2. The molecule has 0 saturated carbocycles. The molecule has 1 aliphatic rings. The average molecular weight is 399 g/mol. The van der Waals surface area contributed by atoms with Gasteiger partial charge in [-0.3, -0.25) is 19.3 Å². The van der Waals surface area contributed by atoms with E-state index in [1.54, 1.807) is 35.2 Å². The normalized spacial score (nSPS) is 14.3. The van der Waals surface area contributed by atoms with Gasteiger partial charge >= 0.3 is 5.97 Å². The van der Waals surface area contributed by atoms with Gasteiger partial charge in [-0.1, -0.05) is 6.07 Å². The minimum atomic E-state index is -0.415. The van der Waals surface area contributed by atoms with Crippen molar-refractivity contribution in [2.75, 3.05) is 38.0 Å². The summed E-state index contributed by atoms with van der Waals surface area (Å²) in [6.45, 7) is 3.61. The number of carbonyl (C=O) groups excluding carboxylic acids is 3. The van der Waals surface area contributed by atoms with Crippen molar-refractivity contribution >= 4 is 23.5 Å². The van der Waals surface area contributed by atoms with Gasteiger partial charge in [0.25, 0.3) is 5.91 Å². The second-order valence-corrected chi connectivity index (χ2v) is 6.74. The number of hydrogen-bond acceptors (Lipinski definition) is 5. The number of hydrogen-bond donors (Lipinski definition) is 1. The van der Waals surface area contributed by atoms with Crippen molar-refractivity contribution in [2.24, 2.45) is 0 Å². The van der Waals surface area contributed by atoms with Crippen LogP contribution in [0, 0.1) is 5.82 Å². The van der Waals surface area contributed by atoms with E-state index in [1.165, 1.54) is 25.1 Å². The molecule has 1 N–H and O–H groups in total. The number of amides is 2. The standard InChI is InChI=1S/C21H22FN3O4/c1-15(26)29-19-7-5-16(6-8-19)21(28)25-11-9-24(10-12-25)14-20(27)23-18-4-2-3-17(22)13-18/h2-8,13H,9-12,14H2,1H3,(H,23,27). The maximum absolute atomic E-state index is 13.2. The zero-order valence-electron chi connectivity index (χ0n) is 16.1. The Morgan fingerprint density at radius 1 is 1.03 bits per heavy atom. The van der Waals surface area contributed by atoms with Crippen molar-refractivity contribution in [3.63, 3.8) is 0 Å². The monoisotopic (exact) mass is 399 g/mol. The first kappa shape index (κ1) is 20.5. The molecule has 0 spiro atoms. The van der Waals surface area contributed by atoms with Crippen LogP contribution in [-0.2, 0) is 9.59 Å².